The summed E-state index contributed by atoms with van der Waals surface area (Å²) in [5.41, 5.74) is 0.932. The molecule has 0 saturated heterocycles. The topological polar surface area (TPSA) is 66.8 Å². The van der Waals surface area contributed by atoms with Crippen molar-refractivity contribution in [3.05, 3.63) is 22.8 Å². The van der Waals surface area contributed by atoms with Gasteiger partial charge in [0.15, 0.2) is 0 Å². The number of ether oxygens (including phenoxy) is 1. The molecule has 0 aliphatic carbocycles. The minimum atomic E-state index is -1.12. The van der Waals surface area contributed by atoms with Crippen LogP contribution in [0.2, 0.25) is 0 Å². The van der Waals surface area contributed by atoms with Gasteiger partial charge < -0.3 is 14.9 Å². The monoisotopic (exact) mass is 238 g/mol. The Labute approximate surface area is 101 Å². The molecule has 1 aromatic carbocycles. The molecule has 0 heterocycles. The maximum absolute atomic E-state index is 11.0. The molecule has 0 atom stereocenters. The van der Waals surface area contributed by atoms with Gasteiger partial charge in [0.1, 0.15) is 17.1 Å². The van der Waals surface area contributed by atoms with Crippen LogP contribution in [0.3, 0.4) is 0 Å². The van der Waals surface area contributed by atoms with Crippen LogP contribution in [0.15, 0.2) is 6.07 Å². The Bertz CT molecular complexity index is 424. The molecule has 94 valence electrons. The van der Waals surface area contributed by atoms with Crippen LogP contribution >= 0.6 is 0 Å². The van der Waals surface area contributed by atoms with Gasteiger partial charge in [-0.3, -0.25) is 0 Å². The van der Waals surface area contributed by atoms with Gasteiger partial charge in [-0.05, 0) is 31.9 Å². The molecule has 1 aromatic rings. The van der Waals surface area contributed by atoms with Gasteiger partial charge in [-0.1, -0.05) is 13.3 Å². The number of rotatable bonds is 5. The van der Waals surface area contributed by atoms with Crippen LogP contribution in [0.25, 0.3) is 0 Å². The lowest BCUT2D eigenvalue weighted by Crippen LogP contribution is -2.05. The van der Waals surface area contributed by atoms with Crippen molar-refractivity contribution in [2.24, 2.45) is 0 Å². The van der Waals surface area contributed by atoms with Crippen molar-refractivity contribution in [1.82, 2.24) is 0 Å². The minimum Gasteiger partial charge on any atom is -0.507 e. The van der Waals surface area contributed by atoms with Gasteiger partial charge in [-0.25, -0.2) is 4.79 Å². The van der Waals surface area contributed by atoms with Gasteiger partial charge in [-0.2, -0.15) is 0 Å². The van der Waals surface area contributed by atoms with E-state index in [-0.39, 0.29) is 11.3 Å². The van der Waals surface area contributed by atoms with E-state index in [9.17, 15) is 9.90 Å². The SMILES string of the molecule is CCCCOc1cc(C)c(C(=O)O)c(O)c1C. The molecular formula is C13H18O4. The standard InChI is InChI=1S/C13H18O4/c1-4-5-6-17-10-7-8(2)11(13(15)16)12(14)9(10)3/h7,14H,4-6H2,1-3H3,(H,15,16). The lowest BCUT2D eigenvalue weighted by atomic mass is 10.0. The normalized spacial score (nSPS) is 10.3. The highest BCUT2D eigenvalue weighted by Gasteiger charge is 2.18. The number of aromatic hydroxyl groups is 1. The van der Waals surface area contributed by atoms with Gasteiger partial charge in [-0.15, -0.1) is 0 Å². The van der Waals surface area contributed by atoms with Crippen LogP contribution in [-0.4, -0.2) is 22.8 Å². The predicted molar refractivity (Wildman–Crippen MR) is 64.9 cm³/mol. The second-order valence-corrected chi connectivity index (χ2v) is 4.05. The summed E-state index contributed by atoms with van der Waals surface area (Å²) in [6, 6.07) is 1.66. The van der Waals surface area contributed by atoms with E-state index < -0.39 is 5.97 Å². The van der Waals surface area contributed by atoms with Crippen molar-refractivity contribution in [1.29, 1.82) is 0 Å². The van der Waals surface area contributed by atoms with Crippen LogP contribution < -0.4 is 4.74 Å². The summed E-state index contributed by atoms with van der Waals surface area (Å²) in [6.45, 7) is 5.94. The molecule has 17 heavy (non-hydrogen) atoms. The van der Waals surface area contributed by atoms with Crippen molar-refractivity contribution in [3.63, 3.8) is 0 Å². The number of aryl methyl sites for hydroxylation is 1. The fourth-order valence-electron chi connectivity index (χ4n) is 1.61. The Morgan fingerprint density at radius 3 is 2.59 bits per heavy atom. The molecule has 2 N–H and O–H groups in total. The Balaban J connectivity index is 3.07. The lowest BCUT2D eigenvalue weighted by Gasteiger charge is -2.13. The van der Waals surface area contributed by atoms with E-state index in [0.29, 0.717) is 23.5 Å². The second-order valence-electron chi connectivity index (χ2n) is 4.05. The minimum absolute atomic E-state index is 0.0506. The van der Waals surface area contributed by atoms with Crippen molar-refractivity contribution in [2.45, 2.75) is 33.6 Å². The van der Waals surface area contributed by atoms with Gasteiger partial charge in [0, 0.05) is 5.56 Å². The van der Waals surface area contributed by atoms with Crippen LogP contribution in [-0.2, 0) is 0 Å². The van der Waals surface area contributed by atoms with Crippen molar-refractivity contribution >= 4 is 5.97 Å². The Hall–Kier alpha value is -1.71. The number of aromatic carboxylic acids is 1. The molecule has 4 heteroatoms. The van der Waals surface area contributed by atoms with Crippen LogP contribution in [0, 0.1) is 13.8 Å². The summed E-state index contributed by atoms with van der Waals surface area (Å²) in [7, 11) is 0. The van der Waals surface area contributed by atoms with E-state index in [1.807, 2.05) is 0 Å². The highest BCUT2D eigenvalue weighted by atomic mass is 16.5. The number of carboxylic acid groups (broad SMARTS) is 1. The first-order valence-electron chi connectivity index (χ1n) is 5.68. The van der Waals surface area contributed by atoms with Crippen LogP contribution in [0.5, 0.6) is 11.5 Å². The fourth-order valence-corrected chi connectivity index (χ4v) is 1.61. The molecule has 0 aliphatic heterocycles. The van der Waals surface area contributed by atoms with Gasteiger partial charge in [0.2, 0.25) is 0 Å². The van der Waals surface area contributed by atoms with Gasteiger partial charge in [0.25, 0.3) is 0 Å². The van der Waals surface area contributed by atoms with Crippen LogP contribution in [0.4, 0.5) is 0 Å². The predicted octanol–water partition coefficient (Wildman–Crippen LogP) is 2.89. The number of carboxylic acids is 1. The zero-order valence-corrected chi connectivity index (χ0v) is 10.4. The van der Waals surface area contributed by atoms with E-state index >= 15 is 0 Å². The van der Waals surface area contributed by atoms with E-state index in [4.69, 9.17) is 9.84 Å². The molecular weight excluding hydrogens is 220 g/mol. The molecule has 0 radical (unpaired) electrons. The smallest absolute Gasteiger partial charge is 0.339 e. The Kier molecular flexibility index (Phi) is 4.37. The molecule has 0 aliphatic rings. The summed E-state index contributed by atoms with van der Waals surface area (Å²) in [5, 5.41) is 18.8. The van der Waals surface area contributed by atoms with E-state index in [2.05, 4.69) is 6.92 Å². The summed E-state index contributed by atoms with van der Waals surface area (Å²) in [5.74, 6) is -0.773. The first-order chi connectivity index (χ1) is 7.99. The second kappa shape index (κ2) is 5.57. The van der Waals surface area contributed by atoms with Crippen LogP contribution in [0.1, 0.15) is 41.3 Å². The molecule has 4 nitrogen and oxygen atoms in total. The highest BCUT2D eigenvalue weighted by molar-refractivity contribution is 5.93. The quantitative estimate of drug-likeness (QED) is 0.774. The van der Waals surface area contributed by atoms with Crippen molar-refractivity contribution < 1.29 is 19.7 Å². The number of hydrogen-bond acceptors (Lipinski definition) is 3. The van der Waals surface area contributed by atoms with E-state index in [0.717, 1.165) is 12.8 Å². The lowest BCUT2D eigenvalue weighted by molar-refractivity contribution is 0.0692. The third-order valence-electron chi connectivity index (χ3n) is 2.67. The molecule has 0 unspecified atom stereocenters. The number of unbranched alkanes of at least 4 members (excludes halogenated alkanes) is 1. The molecule has 0 aromatic heterocycles. The molecule has 0 bridgehead atoms. The van der Waals surface area contributed by atoms with E-state index in [1.165, 1.54) is 0 Å². The fraction of sp³-hybridized carbons (Fsp3) is 0.462. The zero-order valence-electron chi connectivity index (χ0n) is 10.4. The maximum Gasteiger partial charge on any atom is 0.339 e. The van der Waals surface area contributed by atoms with Crippen molar-refractivity contribution in [3.8, 4) is 11.5 Å². The molecule has 1 rings (SSSR count). The first-order valence-corrected chi connectivity index (χ1v) is 5.68. The molecule has 0 spiro atoms. The average Bonchev–Trinajstić information content (AvgIpc) is 2.25. The summed E-state index contributed by atoms with van der Waals surface area (Å²) >= 11 is 0. The summed E-state index contributed by atoms with van der Waals surface area (Å²) in [4.78, 5) is 11.0. The summed E-state index contributed by atoms with van der Waals surface area (Å²) < 4.78 is 5.52. The molecule has 0 saturated carbocycles. The first kappa shape index (κ1) is 13.4. The van der Waals surface area contributed by atoms with Gasteiger partial charge in [0.05, 0.1) is 6.61 Å². The summed E-state index contributed by atoms with van der Waals surface area (Å²) in [6.07, 6.45) is 1.96. The molecule has 0 amide bonds. The highest BCUT2D eigenvalue weighted by Crippen LogP contribution is 2.33. The van der Waals surface area contributed by atoms with Gasteiger partial charge >= 0.3 is 5.97 Å². The third kappa shape index (κ3) is 2.90. The number of benzene rings is 1. The Morgan fingerprint density at radius 1 is 1.41 bits per heavy atom. The average molecular weight is 238 g/mol. The zero-order chi connectivity index (χ0) is 13.0. The van der Waals surface area contributed by atoms with Crippen molar-refractivity contribution in [2.75, 3.05) is 6.61 Å². The Morgan fingerprint density at radius 2 is 2.06 bits per heavy atom. The molecule has 0 fully saturated rings. The maximum atomic E-state index is 11.0. The third-order valence-corrected chi connectivity index (χ3v) is 2.67. The van der Waals surface area contributed by atoms with E-state index in [1.54, 1.807) is 19.9 Å². The largest absolute Gasteiger partial charge is 0.507 e. The number of carbonyl (C=O) groups is 1. The number of phenols is 1. The number of hydrogen-bond donors (Lipinski definition) is 2.